The second kappa shape index (κ2) is 4.76. The number of nitrogens with zero attached hydrogens (tertiary/aromatic N) is 4. The molecular formula is C13H13N5O2. The minimum Gasteiger partial charge on any atom is -0.450 e. The number of ether oxygens (including phenoxy) is 1. The van der Waals surface area contributed by atoms with E-state index in [-0.39, 0.29) is 5.95 Å². The number of hydrogen-bond acceptors (Lipinski definition) is 5. The third-order valence-electron chi connectivity index (χ3n) is 2.83. The van der Waals surface area contributed by atoms with Gasteiger partial charge in [0.1, 0.15) is 5.82 Å². The SMILES string of the molecule is CCOC(=O)Nc1nc2c3ccccc3nc(C)n2n1. The van der Waals surface area contributed by atoms with Crippen molar-refractivity contribution in [3.05, 3.63) is 30.1 Å². The highest BCUT2D eigenvalue weighted by atomic mass is 16.5. The van der Waals surface area contributed by atoms with Crippen molar-refractivity contribution in [3.63, 3.8) is 0 Å². The fourth-order valence-corrected chi connectivity index (χ4v) is 2.01. The molecule has 3 aromatic rings. The minimum atomic E-state index is -0.571. The van der Waals surface area contributed by atoms with Gasteiger partial charge in [-0.15, -0.1) is 5.10 Å². The molecule has 0 fully saturated rings. The standard InChI is InChI=1S/C13H13N5O2/c1-3-20-13(19)16-12-15-11-9-6-4-5-7-10(9)14-8(2)18(11)17-12/h4-7H,3H2,1-2H3,(H,16,17,19). The lowest BCUT2D eigenvalue weighted by atomic mass is 10.2. The van der Waals surface area contributed by atoms with E-state index in [1.54, 1.807) is 11.4 Å². The van der Waals surface area contributed by atoms with Crippen LogP contribution >= 0.6 is 0 Å². The smallest absolute Gasteiger partial charge is 0.414 e. The topological polar surface area (TPSA) is 81.4 Å². The van der Waals surface area contributed by atoms with Gasteiger partial charge in [-0.05, 0) is 26.0 Å². The van der Waals surface area contributed by atoms with Gasteiger partial charge >= 0.3 is 6.09 Å². The first-order valence-corrected chi connectivity index (χ1v) is 6.25. The number of amides is 1. The summed E-state index contributed by atoms with van der Waals surface area (Å²) in [6.07, 6.45) is -0.571. The van der Waals surface area contributed by atoms with Gasteiger partial charge in [0.2, 0.25) is 0 Å². The number of hydrogen-bond donors (Lipinski definition) is 1. The average Bonchev–Trinajstić information content (AvgIpc) is 2.83. The molecule has 0 aliphatic rings. The molecule has 2 heterocycles. The average molecular weight is 271 g/mol. The Morgan fingerprint density at radius 2 is 2.15 bits per heavy atom. The Morgan fingerprint density at radius 1 is 1.35 bits per heavy atom. The van der Waals surface area contributed by atoms with Crippen LogP contribution in [-0.2, 0) is 4.74 Å². The molecule has 0 radical (unpaired) electrons. The van der Waals surface area contributed by atoms with Gasteiger partial charge in [-0.2, -0.15) is 9.50 Å². The summed E-state index contributed by atoms with van der Waals surface area (Å²) in [6, 6.07) is 7.65. The Kier molecular flexibility index (Phi) is 2.94. The number of carbonyl (C=O) groups excluding carboxylic acids is 1. The molecule has 0 unspecified atom stereocenters. The Bertz CT molecular complexity index is 796. The van der Waals surface area contributed by atoms with Crippen LogP contribution in [0.3, 0.4) is 0 Å². The van der Waals surface area contributed by atoms with Gasteiger partial charge in [0, 0.05) is 5.39 Å². The van der Waals surface area contributed by atoms with Gasteiger partial charge < -0.3 is 4.74 Å². The monoisotopic (exact) mass is 271 g/mol. The number of para-hydroxylation sites is 1. The molecule has 0 saturated heterocycles. The fourth-order valence-electron chi connectivity index (χ4n) is 2.01. The molecule has 1 N–H and O–H groups in total. The molecular weight excluding hydrogens is 258 g/mol. The van der Waals surface area contributed by atoms with Crippen LogP contribution in [0.4, 0.5) is 10.7 Å². The summed E-state index contributed by atoms with van der Waals surface area (Å²) in [5, 5.41) is 7.59. The van der Waals surface area contributed by atoms with Gasteiger partial charge in [0.25, 0.3) is 5.95 Å². The van der Waals surface area contributed by atoms with Crippen LogP contribution in [0.5, 0.6) is 0 Å². The summed E-state index contributed by atoms with van der Waals surface area (Å²) in [7, 11) is 0. The number of nitrogens with one attached hydrogen (secondary N) is 1. The molecule has 7 nitrogen and oxygen atoms in total. The summed E-state index contributed by atoms with van der Waals surface area (Å²) in [4.78, 5) is 20.2. The molecule has 0 aliphatic heterocycles. The number of benzene rings is 1. The predicted octanol–water partition coefficient (Wildman–Crippen LogP) is 2.15. The van der Waals surface area contributed by atoms with Gasteiger partial charge in [-0.1, -0.05) is 12.1 Å². The number of aromatic nitrogens is 4. The van der Waals surface area contributed by atoms with E-state index in [1.807, 2.05) is 31.2 Å². The molecule has 0 spiro atoms. The number of fused-ring (bicyclic) bond motifs is 3. The highest BCUT2D eigenvalue weighted by molar-refractivity contribution is 5.92. The summed E-state index contributed by atoms with van der Waals surface area (Å²) < 4.78 is 6.41. The maximum Gasteiger partial charge on any atom is 0.414 e. The predicted molar refractivity (Wildman–Crippen MR) is 73.7 cm³/mol. The lowest BCUT2D eigenvalue weighted by Gasteiger charge is -2.01. The zero-order valence-electron chi connectivity index (χ0n) is 11.1. The Hall–Kier alpha value is -2.70. The molecule has 0 atom stereocenters. The van der Waals surface area contributed by atoms with E-state index in [4.69, 9.17) is 4.74 Å². The van der Waals surface area contributed by atoms with Crippen LogP contribution in [0.1, 0.15) is 12.7 Å². The van der Waals surface area contributed by atoms with Crippen LogP contribution in [0.2, 0.25) is 0 Å². The van der Waals surface area contributed by atoms with Gasteiger partial charge in [-0.3, -0.25) is 5.32 Å². The van der Waals surface area contributed by atoms with Crippen LogP contribution in [0, 0.1) is 6.92 Å². The molecule has 1 aromatic carbocycles. The zero-order valence-corrected chi connectivity index (χ0v) is 11.1. The van der Waals surface area contributed by atoms with E-state index in [0.717, 1.165) is 10.9 Å². The van der Waals surface area contributed by atoms with Crippen molar-refractivity contribution < 1.29 is 9.53 Å². The molecule has 7 heteroatoms. The van der Waals surface area contributed by atoms with Gasteiger partial charge in [-0.25, -0.2) is 9.78 Å². The van der Waals surface area contributed by atoms with Crippen molar-refractivity contribution >= 4 is 28.6 Å². The lowest BCUT2D eigenvalue weighted by Crippen LogP contribution is -2.14. The van der Waals surface area contributed by atoms with Crippen molar-refractivity contribution in [1.82, 2.24) is 19.6 Å². The van der Waals surface area contributed by atoms with E-state index in [0.29, 0.717) is 18.1 Å². The highest BCUT2D eigenvalue weighted by Crippen LogP contribution is 2.19. The van der Waals surface area contributed by atoms with Crippen LogP contribution in [0.15, 0.2) is 24.3 Å². The van der Waals surface area contributed by atoms with Crippen molar-refractivity contribution in [2.24, 2.45) is 0 Å². The first kappa shape index (κ1) is 12.3. The van der Waals surface area contributed by atoms with Crippen LogP contribution in [0.25, 0.3) is 16.6 Å². The molecule has 102 valence electrons. The quantitative estimate of drug-likeness (QED) is 0.772. The van der Waals surface area contributed by atoms with E-state index in [2.05, 4.69) is 20.4 Å². The Labute approximate surface area is 114 Å². The number of rotatable bonds is 2. The second-order valence-corrected chi connectivity index (χ2v) is 4.19. The summed E-state index contributed by atoms with van der Waals surface area (Å²) in [5.74, 6) is 0.896. The summed E-state index contributed by atoms with van der Waals surface area (Å²) >= 11 is 0. The second-order valence-electron chi connectivity index (χ2n) is 4.19. The van der Waals surface area contributed by atoms with Crippen molar-refractivity contribution in [1.29, 1.82) is 0 Å². The first-order chi connectivity index (χ1) is 9.69. The summed E-state index contributed by atoms with van der Waals surface area (Å²) in [5.41, 5.74) is 1.49. The molecule has 20 heavy (non-hydrogen) atoms. The van der Waals surface area contributed by atoms with E-state index in [9.17, 15) is 4.79 Å². The largest absolute Gasteiger partial charge is 0.450 e. The third-order valence-corrected chi connectivity index (χ3v) is 2.83. The molecule has 3 rings (SSSR count). The Balaban J connectivity index is 2.12. The molecule has 2 aromatic heterocycles. The zero-order chi connectivity index (χ0) is 14.1. The highest BCUT2D eigenvalue weighted by Gasteiger charge is 2.12. The van der Waals surface area contributed by atoms with Crippen molar-refractivity contribution in [2.45, 2.75) is 13.8 Å². The number of anilines is 1. The van der Waals surface area contributed by atoms with Crippen molar-refractivity contribution in [2.75, 3.05) is 11.9 Å². The van der Waals surface area contributed by atoms with E-state index >= 15 is 0 Å². The number of aryl methyl sites for hydroxylation is 1. The third kappa shape index (κ3) is 2.03. The lowest BCUT2D eigenvalue weighted by molar-refractivity contribution is 0.167. The van der Waals surface area contributed by atoms with Crippen molar-refractivity contribution in [3.8, 4) is 0 Å². The van der Waals surface area contributed by atoms with E-state index < -0.39 is 6.09 Å². The van der Waals surface area contributed by atoms with Crippen LogP contribution < -0.4 is 5.32 Å². The molecule has 1 amide bonds. The molecule has 0 bridgehead atoms. The van der Waals surface area contributed by atoms with Gasteiger partial charge in [0.05, 0.1) is 12.1 Å². The molecule has 0 saturated carbocycles. The maximum absolute atomic E-state index is 11.4. The summed E-state index contributed by atoms with van der Waals surface area (Å²) in [6.45, 7) is 3.86. The van der Waals surface area contributed by atoms with E-state index in [1.165, 1.54) is 0 Å². The van der Waals surface area contributed by atoms with Gasteiger partial charge in [0.15, 0.2) is 5.65 Å². The fraction of sp³-hybridized carbons (Fsp3) is 0.231. The Morgan fingerprint density at radius 3 is 2.95 bits per heavy atom. The maximum atomic E-state index is 11.4. The normalized spacial score (nSPS) is 10.9. The minimum absolute atomic E-state index is 0.199. The number of carbonyl (C=O) groups is 1. The van der Waals surface area contributed by atoms with Crippen LogP contribution in [-0.4, -0.2) is 32.3 Å². The first-order valence-electron chi connectivity index (χ1n) is 6.25. The molecule has 0 aliphatic carbocycles.